The summed E-state index contributed by atoms with van der Waals surface area (Å²) in [5.74, 6) is -1.69. The largest absolute Gasteiger partial charge is 0.502 e. The average molecular weight is 254 g/mol. The van der Waals surface area contributed by atoms with E-state index in [1.807, 2.05) is 0 Å². The fourth-order valence-corrected chi connectivity index (χ4v) is 1.12. The summed E-state index contributed by atoms with van der Waals surface area (Å²) < 4.78 is 9.05. The highest BCUT2D eigenvalue weighted by Gasteiger charge is 2.17. The van der Waals surface area contributed by atoms with E-state index in [0.717, 1.165) is 19.3 Å². The van der Waals surface area contributed by atoms with Crippen LogP contribution >= 0.6 is 0 Å². The quantitative estimate of drug-likeness (QED) is 0.281. The number of rotatable bonds is 4. The zero-order valence-electron chi connectivity index (χ0n) is 9.61. The van der Waals surface area contributed by atoms with E-state index in [-0.39, 0.29) is 17.3 Å². The zero-order chi connectivity index (χ0) is 13.7. The maximum Gasteiger partial charge on any atom is 0.373 e. The molecule has 0 saturated carbocycles. The Balaban J connectivity index is 3.28. The first-order valence-electron chi connectivity index (χ1n) is 4.68. The van der Waals surface area contributed by atoms with Gasteiger partial charge in [-0.15, -0.1) is 0 Å². The van der Waals surface area contributed by atoms with Gasteiger partial charge in [0.25, 0.3) is 5.69 Å². The normalized spacial score (nSPS) is 10.9. The number of aromatic nitrogens is 1. The lowest BCUT2D eigenvalue weighted by Crippen LogP contribution is -2.05. The lowest BCUT2D eigenvalue weighted by Gasteiger charge is -2.02. The fourth-order valence-electron chi connectivity index (χ4n) is 1.12. The minimum Gasteiger partial charge on any atom is -0.502 e. The molecule has 0 aromatic carbocycles. The Hall–Kier alpha value is -2.64. The number of aliphatic hydroxyl groups excluding tert-OH is 1. The van der Waals surface area contributed by atoms with Crippen molar-refractivity contribution in [1.29, 1.82) is 0 Å². The van der Waals surface area contributed by atoms with Gasteiger partial charge < -0.3 is 14.6 Å². The van der Waals surface area contributed by atoms with Crippen LogP contribution in [0.4, 0.5) is 5.69 Å². The van der Waals surface area contributed by atoms with Gasteiger partial charge in [-0.1, -0.05) is 0 Å². The van der Waals surface area contributed by atoms with Crippen molar-refractivity contribution >= 4 is 17.7 Å². The van der Waals surface area contributed by atoms with E-state index in [4.69, 9.17) is 4.74 Å². The standard InChI is InChI=1S/C10H10N2O6/c1-17-9-4-3-7(12(15)16)6(11-9)5-8(13)10(14)18-2/h3-5,13H,1-2H3. The first-order valence-corrected chi connectivity index (χ1v) is 4.68. The third-order valence-electron chi connectivity index (χ3n) is 1.95. The van der Waals surface area contributed by atoms with Crippen molar-refractivity contribution in [3.8, 4) is 5.88 Å². The van der Waals surface area contributed by atoms with Crippen LogP contribution in [0, 0.1) is 10.1 Å². The average Bonchev–Trinajstić information content (AvgIpc) is 2.37. The van der Waals surface area contributed by atoms with Crippen molar-refractivity contribution in [3.05, 3.63) is 33.7 Å². The minimum atomic E-state index is -1.02. The Bertz CT molecular complexity index is 511. The van der Waals surface area contributed by atoms with Crippen LogP contribution in [0.1, 0.15) is 5.69 Å². The summed E-state index contributed by atoms with van der Waals surface area (Å²) in [6, 6.07) is 2.45. The van der Waals surface area contributed by atoms with Crippen molar-refractivity contribution in [1.82, 2.24) is 4.98 Å². The molecule has 0 aliphatic carbocycles. The molecule has 0 amide bonds. The van der Waals surface area contributed by atoms with Gasteiger partial charge in [-0.25, -0.2) is 9.78 Å². The molecule has 0 bridgehead atoms. The summed E-state index contributed by atoms with van der Waals surface area (Å²) >= 11 is 0. The Morgan fingerprint density at radius 2 is 2.17 bits per heavy atom. The van der Waals surface area contributed by atoms with Crippen LogP contribution < -0.4 is 4.74 Å². The number of hydrogen-bond acceptors (Lipinski definition) is 7. The van der Waals surface area contributed by atoms with E-state index in [1.165, 1.54) is 13.2 Å². The number of pyridine rings is 1. The summed E-state index contributed by atoms with van der Waals surface area (Å²) in [5.41, 5.74) is -0.575. The second kappa shape index (κ2) is 5.62. The highest BCUT2D eigenvalue weighted by molar-refractivity contribution is 5.91. The molecule has 0 atom stereocenters. The zero-order valence-corrected chi connectivity index (χ0v) is 9.61. The van der Waals surface area contributed by atoms with Gasteiger partial charge in [0.05, 0.1) is 19.1 Å². The summed E-state index contributed by atoms with van der Waals surface area (Å²) in [6.07, 6.45) is 0.840. The fraction of sp³-hybridized carbons (Fsp3) is 0.200. The lowest BCUT2D eigenvalue weighted by molar-refractivity contribution is -0.385. The molecule has 1 rings (SSSR count). The first kappa shape index (κ1) is 13.4. The van der Waals surface area contributed by atoms with E-state index in [0.29, 0.717) is 0 Å². The number of aliphatic hydroxyl groups is 1. The minimum absolute atomic E-state index is 0.115. The van der Waals surface area contributed by atoms with Crippen molar-refractivity contribution in [3.63, 3.8) is 0 Å². The summed E-state index contributed by atoms with van der Waals surface area (Å²) in [6.45, 7) is 0. The van der Waals surface area contributed by atoms with Crippen molar-refractivity contribution < 1.29 is 24.3 Å². The molecular formula is C10H10N2O6. The van der Waals surface area contributed by atoms with Gasteiger partial charge in [-0.3, -0.25) is 10.1 Å². The maximum absolute atomic E-state index is 11.0. The summed E-state index contributed by atoms with van der Waals surface area (Å²) in [7, 11) is 2.40. The molecule has 0 saturated heterocycles. The third-order valence-corrected chi connectivity index (χ3v) is 1.95. The molecule has 18 heavy (non-hydrogen) atoms. The lowest BCUT2D eigenvalue weighted by atomic mass is 10.2. The summed E-state index contributed by atoms with van der Waals surface area (Å²) in [5, 5.41) is 20.1. The molecule has 8 nitrogen and oxygen atoms in total. The van der Waals surface area contributed by atoms with E-state index >= 15 is 0 Å². The molecule has 0 radical (unpaired) electrons. The molecule has 8 heteroatoms. The van der Waals surface area contributed by atoms with Gasteiger partial charge in [0.15, 0.2) is 0 Å². The van der Waals surface area contributed by atoms with Crippen LogP contribution in [0.15, 0.2) is 17.9 Å². The molecule has 1 aromatic rings. The van der Waals surface area contributed by atoms with Crippen LogP contribution in [0.2, 0.25) is 0 Å². The van der Waals surface area contributed by atoms with Crippen molar-refractivity contribution in [2.45, 2.75) is 0 Å². The predicted octanol–water partition coefficient (Wildman–Crippen LogP) is 1.07. The van der Waals surface area contributed by atoms with Gasteiger partial charge in [0, 0.05) is 18.2 Å². The predicted molar refractivity (Wildman–Crippen MR) is 60.1 cm³/mol. The number of nitrogens with zero attached hydrogens (tertiary/aromatic N) is 2. The van der Waals surface area contributed by atoms with Crippen LogP contribution in [0.5, 0.6) is 5.88 Å². The SMILES string of the molecule is COC(=O)C(O)=Cc1nc(OC)ccc1[N+](=O)[O-]. The molecule has 1 aromatic heterocycles. The van der Waals surface area contributed by atoms with Gasteiger partial charge in [-0.05, 0) is 0 Å². The molecule has 0 unspecified atom stereocenters. The second-order valence-corrected chi connectivity index (χ2v) is 3.04. The van der Waals surface area contributed by atoms with Gasteiger partial charge in [-0.2, -0.15) is 0 Å². The first-order chi connectivity index (χ1) is 8.49. The van der Waals surface area contributed by atoms with E-state index in [1.54, 1.807) is 0 Å². The molecule has 0 aliphatic rings. The highest BCUT2D eigenvalue weighted by atomic mass is 16.6. The highest BCUT2D eigenvalue weighted by Crippen LogP contribution is 2.22. The monoisotopic (exact) mass is 254 g/mol. The molecule has 0 fully saturated rings. The van der Waals surface area contributed by atoms with Gasteiger partial charge in [0.1, 0.15) is 5.69 Å². The third kappa shape index (κ3) is 2.94. The Morgan fingerprint density at radius 3 is 2.67 bits per heavy atom. The van der Waals surface area contributed by atoms with Gasteiger partial charge >= 0.3 is 5.97 Å². The molecule has 0 aliphatic heterocycles. The Kier molecular flexibility index (Phi) is 4.19. The smallest absolute Gasteiger partial charge is 0.373 e. The molecule has 1 N–H and O–H groups in total. The maximum atomic E-state index is 11.0. The van der Waals surface area contributed by atoms with Crippen molar-refractivity contribution in [2.75, 3.05) is 14.2 Å². The number of carbonyl (C=O) groups is 1. The molecule has 0 spiro atoms. The van der Waals surface area contributed by atoms with Gasteiger partial charge in [0.2, 0.25) is 11.6 Å². The van der Waals surface area contributed by atoms with Crippen LogP contribution in [0.25, 0.3) is 6.08 Å². The Labute approximate surface area is 102 Å². The van der Waals surface area contributed by atoms with Crippen LogP contribution in [-0.2, 0) is 9.53 Å². The van der Waals surface area contributed by atoms with E-state index in [2.05, 4.69) is 9.72 Å². The topological polar surface area (TPSA) is 112 Å². The van der Waals surface area contributed by atoms with E-state index < -0.39 is 16.7 Å². The number of methoxy groups -OCH3 is 2. The Morgan fingerprint density at radius 1 is 1.50 bits per heavy atom. The van der Waals surface area contributed by atoms with E-state index in [9.17, 15) is 20.0 Å². The number of hydrogen-bond donors (Lipinski definition) is 1. The number of nitro groups is 1. The molecule has 96 valence electrons. The molecular weight excluding hydrogens is 244 g/mol. The van der Waals surface area contributed by atoms with Crippen molar-refractivity contribution in [2.24, 2.45) is 0 Å². The molecule has 1 heterocycles. The number of carbonyl (C=O) groups excluding carboxylic acids is 1. The number of ether oxygens (including phenoxy) is 2. The number of esters is 1. The van der Waals surface area contributed by atoms with Crippen LogP contribution in [-0.4, -0.2) is 35.2 Å². The van der Waals surface area contributed by atoms with Crippen LogP contribution in [0.3, 0.4) is 0 Å². The second-order valence-electron chi connectivity index (χ2n) is 3.04. The summed E-state index contributed by atoms with van der Waals surface area (Å²) in [4.78, 5) is 24.8.